The lowest BCUT2D eigenvalue weighted by Crippen LogP contribution is -2.16. The second-order valence-corrected chi connectivity index (χ2v) is 4.34. The lowest BCUT2D eigenvalue weighted by molar-refractivity contribution is 0.0227. The van der Waals surface area contributed by atoms with Gasteiger partial charge in [-0.1, -0.05) is 12.1 Å². The Morgan fingerprint density at radius 2 is 2.06 bits per heavy atom. The highest BCUT2D eigenvalue weighted by molar-refractivity contribution is 6.09. The van der Waals surface area contributed by atoms with Gasteiger partial charge in [0.2, 0.25) is 0 Å². The largest absolute Gasteiger partial charge is 0.404 e. The van der Waals surface area contributed by atoms with Gasteiger partial charge in [-0.3, -0.25) is 4.99 Å². The minimum atomic E-state index is -0.0255. The average Bonchev–Trinajstić information content (AvgIpc) is 2.42. The van der Waals surface area contributed by atoms with Gasteiger partial charge in [0.15, 0.2) is 0 Å². The van der Waals surface area contributed by atoms with Crippen LogP contribution in [0, 0.1) is 0 Å². The molecule has 0 aromatic heterocycles. The molecule has 2 rings (SSSR count). The lowest BCUT2D eigenvalue weighted by Gasteiger charge is -2.18. The molecule has 1 aliphatic heterocycles. The van der Waals surface area contributed by atoms with Crippen LogP contribution in [0.25, 0.3) is 5.57 Å². The molecule has 0 amide bonds. The van der Waals surface area contributed by atoms with Crippen molar-refractivity contribution in [3.05, 3.63) is 36.0 Å². The quantitative estimate of drug-likeness (QED) is 0.633. The van der Waals surface area contributed by atoms with Crippen molar-refractivity contribution in [3.8, 4) is 0 Å². The Morgan fingerprint density at radius 1 is 1.28 bits per heavy atom. The predicted molar refractivity (Wildman–Crippen MR) is 75.1 cm³/mol. The molecule has 1 fully saturated rings. The molecule has 1 heterocycles. The molecule has 4 nitrogen and oxygen atoms in total. The van der Waals surface area contributed by atoms with E-state index in [1.54, 1.807) is 12.4 Å². The van der Waals surface area contributed by atoms with E-state index in [1.165, 1.54) is 6.42 Å². The smallest absolute Gasteiger partial charge is 0.148 e. The number of hydrogen-bond acceptors (Lipinski definition) is 4. The summed E-state index contributed by atoms with van der Waals surface area (Å²) in [5.41, 5.74) is 13.9. The van der Waals surface area contributed by atoms with Gasteiger partial charge in [-0.05, 0) is 37.0 Å². The van der Waals surface area contributed by atoms with E-state index in [4.69, 9.17) is 16.2 Å². The van der Waals surface area contributed by atoms with Crippen molar-refractivity contribution in [2.75, 3.05) is 12.3 Å². The Bertz CT molecular complexity index is 431. The number of allylic oxidation sites excluding steroid dienone is 1. The molecule has 0 radical (unpaired) electrons. The van der Waals surface area contributed by atoms with Gasteiger partial charge in [0.1, 0.15) is 6.23 Å². The van der Waals surface area contributed by atoms with E-state index < -0.39 is 0 Å². The minimum absolute atomic E-state index is 0.0255. The average molecular weight is 245 g/mol. The number of ether oxygens (including phenoxy) is 1. The molecule has 1 aromatic rings. The standard InChI is InChI=1S/C14H19N3O/c15-9-12(11-4-6-13(16)7-5-11)10-17-14-3-1-2-8-18-14/h4-7,9-10,14H,1-3,8,15-16H2/b12-9+,17-10+. The van der Waals surface area contributed by atoms with Crippen LogP contribution in [-0.4, -0.2) is 19.0 Å². The molecule has 1 aliphatic rings. The first-order chi connectivity index (χ1) is 8.79. The van der Waals surface area contributed by atoms with Crippen LogP contribution in [0.2, 0.25) is 0 Å². The fourth-order valence-electron chi connectivity index (χ4n) is 1.89. The number of benzene rings is 1. The van der Waals surface area contributed by atoms with Crippen molar-refractivity contribution in [1.82, 2.24) is 0 Å². The number of nitrogen functional groups attached to an aromatic ring is 1. The second-order valence-electron chi connectivity index (χ2n) is 4.34. The van der Waals surface area contributed by atoms with Crippen LogP contribution < -0.4 is 11.5 Å². The Hall–Kier alpha value is -1.81. The third kappa shape index (κ3) is 3.34. The zero-order valence-electron chi connectivity index (χ0n) is 10.4. The molecule has 0 bridgehead atoms. The number of aliphatic imine (C=N–C) groups is 1. The molecule has 1 atom stereocenters. The van der Waals surface area contributed by atoms with Gasteiger partial charge in [0.05, 0.1) is 0 Å². The normalized spacial score (nSPS) is 21.3. The zero-order chi connectivity index (χ0) is 12.8. The monoisotopic (exact) mass is 245 g/mol. The lowest BCUT2D eigenvalue weighted by atomic mass is 10.1. The number of nitrogens with zero attached hydrogens (tertiary/aromatic N) is 1. The fourth-order valence-corrected chi connectivity index (χ4v) is 1.89. The van der Waals surface area contributed by atoms with Gasteiger partial charge in [-0.2, -0.15) is 0 Å². The van der Waals surface area contributed by atoms with Crippen LogP contribution >= 0.6 is 0 Å². The number of anilines is 1. The van der Waals surface area contributed by atoms with E-state index in [1.807, 2.05) is 24.3 Å². The highest BCUT2D eigenvalue weighted by atomic mass is 16.5. The van der Waals surface area contributed by atoms with Crippen molar-refractivity contribution >= 4 is 17.5 Å². The molecule has 96 valence electrons. The fraction of sp³-hybridized carbons (Fsp3) is 0.357. The van der Waals surface area contributed by atoms with Crippen LogP contribution in [-0.2, 0) is 4.74 Å². The first-order valence-corrected chi connectivity index (χ1v) is 6.22. The summed E-state index contributed by atoms with van der Waals surface area (Å²) < 4.78 is 5.54. The third-order valence-corrected chi connectivity index (χ3v) is 2.96. The molecule has 1 saturated heterocycles. The molecule has 1 aromatic carbocycles. The van der Waals surface area contributed by atoms with E-state index in [0.29, 0.717) is 0 Å². The second kappa shape index (κ2) is 6.21. The van der Waals surface area contributed by atoms with E-state index in [2.05, 4.69) is 4.99 Å². The van der Waals surface area contributed by atoms with Crippen LogP contribution in [0.15, 0.2) is 35.5 Å². The van der Waals surface area contributed by atoms with Gasteiger partial charge < -0.3 is 16.2 Å². The summed E-state index contributed by atoms with van der Waals surface area (Å²) in [5, 5.41) is 0. The van der Waals surface area contributed by atoms with Crippen molar-refractivity contribution in [3.63, 3.8) is 0 Å². The first-order valence-electron chi connectivity index (χ1n) is 6.22. The van der Waals surface area contributed by atoms with Gasteiger partial charge in [-0.15, -0.1) is 0 Å². The topological polar surface area (TPSA) is 73.6 Å². The Kier molecular flexibility index (Phi) is 4.36. The van der Waals surface area contributed by atoms with Crippen LogP contribution in [0.4, 0.5) is 5.69 Å². The molecule has 0 spiro atoms. The SMILES string of the molecule is N/C=C(\C=N\C1CCCCO1)c1ccc(N)cc1. The van der Waals surface area contributed by atoms with Crippen molar-refractivity contribution < 1.29 is 4.74 Å². The van der Waals surface area contributed by atoms with E-state index in [9.17, 15) is 0 Å². The predicted octanol–water partition coefficient (Wildman–Crippen LogP) is 2.17. The van der Waals surface area contributed by atoms with Gasteiger partial charge in [0.25, 0.3) is 0 Å². The highest BCUT2D eigenvalue weighted by Crippen LogP contribution is 2.16. The summed E-state index contributed by atoms with van der Waals surface area (Å²) in [5.74, 6) is 0. The van der Waals surface area contributed by atoms with E-state index in [0.717, 1.165) is 36.3 Å². The van der Waals surface area contributed by atoms with Gasteiger partial charge in [0, 0.05) is 30.3 Å². The Balaban J connectivity index is 2.05. The summed E-state index contributed by atoms with van der Waals surface area (Å²) in [6.45, 7) is 0.797. The van der Waals surface area contributed by atoms with Crippen LogP contribution in [0.1, 0.15) is 24.8 Å². The maximum atomic E-state index is 5.65. The van der Waals surface area contributed by atoms with Crippen LogP contribution in [0.5, 0.6) is 0 Å². The first kappa shape index (κ1) is 12.6. The van der Waals surface area contributed by atoms with E-state index >= 15 is 0 Å². The summed E-state index contributed by atoms with van der Waals surface area (Å²) >= 11 is 0. The molecule has 4 heteroatoms. The van der Waals surface area contributed by atoms with Crippen molar-refractivity contribution in [2.45, 2.75) is 25.5 Å². The summed E-state index contributed by atoms with van der Waals surface area (Å²) in [7, 11) is 0. The molecule has 1 unspecified atom stereocenters. The summed E-state index contributed by atoms with van der Waals surface area (Å²) in [6.07, 6.45) is 6.59. The minimum Gasteiger partial charge on any atom is -0.404 e. The van der Waals surface area contributed by atoms with E-state index in [-0.39, 0.29) is 6.23 Å². The van der Waals surface area contributed by atoms with Crippen molar-refractivity contribution in [1.29, 1.82) is 0 Å². The summed E-state index contributed by atoms with van der Waals surface area (Å²) in [4.78, 5) is 4.43. The molecule has 0 saturated carbocycles. The number of hydrogen-bond donors (Lipinski definition) is 2. The Morgan fingerprint density at radius 3 is 2.67 bits per heavy atom. The van der Waals surface area contributed by atoms with Gasteiger partial charge >= 0.3 is 0 Å². The number of rotatable bonds is 3. The van der Waals surface area contributed by atoms with Crippen LogP contribution in [0.3, 0.4) is 0 Å². The molecule has 18 heavy (non-hydrogen) atoms. The molecular formula is C14H19N3O. The zero-order valence-corrected chi connectivity index (χ0v) is 10.4. The number of nitrogens with two attached hydrogens (primary N) is 2. The maximum Gasteiger partial charge on any atom is 0.148 e. The molecule has 4 N–H and O–H groups in total. The third-order valence-electron chi connectivity index (χ3n) is 2.96. The highest BCUT2D eigenvalue weighted by Gasteiger charge is 2.11. The molecular weight excluding hydrogens is 226 g/mol. The molecule has 0 aliphatic carbocycles. The summed E-state index contributed by atoms with van der Waals surface area (Å²) in [6, 6.07) is 7.57. The Labute approximate surface area is 107 Å². The van der Waals surface area contributed by atoms with Crippen molar-refractivity contribution in [2.24, 2.45) is 10.7 Å². The maximum absolute atomic E-state index is 5.65. The van der Waals surface area contributed by atoms with Gasteiger partial charge in [-0.25, -0.2) is 0 Å².